The van der Waals surface area contributed by atoms with Gasteiger partial charge >= 0.3 is 0 Å². The SMILES string of the molecule is Nc1ccc([C@H]2CCc3ccccc3O2)cc1. The summed E-state index contributed by atoms with van der Waals surface area (Å²) in [6.45, 7) is 0. The van der Waals surface area contributed by atoms with E-state index in [1.807, 2.05) is 36.4 Å². The highest BCUT2D eigenvalue weighted by Gasteiger charge is 2.20. The lowest BCUT2D eigenvalue weighted by molar-refractivity contribution is 0.176. The van der Waals surface area contributed by atoms with Gasteiger partial charge in [-0.3, -0.25) is 0 Å². The Labute approximate surface area is 101 Å². The summed E-state index contributed by atoms with van der Waals surface area (Å²) in [5.74, 6) is 1.01. The molecule has 0 fully saturated rings. The molecule has 0 amide bonds. The van der Waals surface area contributed by atoms with Crippen molar-refractivity contribution in [3.05, 3.63) is 59.7 Å². The molecule has 1 atom stereocenters. The number of nitrogen functional groups attached to an aromatic ring is 1. The lowest BCUT2D eigenvalue weighted by atomic mass is 9.97. The maximum Gasteiger partial charge on any atom is 0.124 e. The molecule has 0 saturated carbocycles. The molecule has 0 unspecified atom stereocenters. The lowest BCUT2D eigenvalue weighted by Gasteiger charge is -2.26. The van der Waals surface area contributed by atoms with Crippen molar-refractivity contribution in [3.8, 4) is 5.75 Å². The number of fused-ring (bicyclic) bond motifs is 1. The Morgan fingerprint density at radius 3 is 2.59 bits per heavy atom. The number of ether oxygens (including phenoxy) is 1. The molecular weight excluding hydrogens is 210 g/mol. The van der Waals surface area contributed by atoms with Crippen LogP contribution in [0.25, 0.3) is 0 Å². The maximum atomic E-state index is 6.02. The number of hydrogen-bond donors (Lipinski definition) is 1. The minimum atomic E-state index is 0.158. The van der Waals surface area contributed by atoms with Crippen molar-refractivity contribution < 1.29 is 4.74 Å². The first-order valence-electron chi connectivity index (χ1n) is 5.93. The fourth-order valence-electron chi connectivity index (χ4n) is 2.27. The molecule has 2 aromatic rings. The van der Waals surface area contributed by atoms with E-state index in [9.17, 15) is 0 Å². The predicted octanol–water partition coefficient (Wildman–Crippen LogP) is 3.34. The van der Waals surface area contributed by atoms with Gasteiger partial charge in [0.1, 0.15) is 11.9 Å². The number of hydrogen-bond acceptors (Lipinski definition) is 2. The van der Waals surface area contributed by atoms with Gasteiger partial charge in [0, 0.05) is 5.69 Å². The topological polar surface area (TPSA) is 35.2 Å². The molecule has 0 radical (unpaired) electrons. The van der Waals surface area contributed by atoms with Crippen LogP contribution >= 0.6 is 0 Å². The second kappa shape index (κ2) is 4.13. The third kappa shape index (κ3) is 1.98. The summed E-state index contributed by atoms with van der Waals surface area (Å²) in [4.78, 5) is 0. The molecule has 0 spiro atoms. The van der Waals surface area contributed by atoms with Gasteiger partial charge in [-0.05, 0) is 42.2 Å². The zero-order chi connectivity index (χ0) is 11.7. The first-order chi connectivity index (χ1) is 8.33. The van der Waals surface area contributed by atoms with E-state index in [0.29, 0.717) is 0 Å². The van der Waals surface area contributed by atoms with E-state index in [4.69, 9.17) is 10.5 Å². The number of anilines is 1. The van der Waals surface area contributed by atoms with Gasteiger partial charge in [-0.15, -0.1) is 0 Å². The number of benzene rings is 2. The number of rotatable bonds is 1. The highest BCUT2D eigenvalue weighted by Crippen LogP contribution is 2.34. The summed E-state index contributed by atoms with van der Waals surface area (Å²) in [6, 6.07) is 16.2. The summed E-state index contributed by atoms with van der Waals surface area (Å²) < 4.78 is 6.02. The van der Waals surface area contributed by atoms with Crippen molar-refractivity contribution in [1.82, 2.24) is 0 Å². The molecule has 0 aromatic heterocycles. The second-order valence-corrected chi connectivity index (χ2v) is 4.42. The van der Waals surface area contributed by atoms with Gasteiger partial charge < -0.3 is 10.5 Å². The lowest BCUT2D eigenvalue weighted by Crippen LogP contribution is -2.14. The summed E-state index contributed by atoms with van der Waals surface area (Å²) in [5.41, 5.74) is 9.00. The number of aryl methyl sites for hydroxylation is 1. The minimum Gasteiger partial charge on any atom is -0.485 e. The van der Waals surface area contributed by atoms with Crippen molar-refractivity contribution in [2.75, 3.05) is 5.73 Å². The van der Waals surface area contributed by atoms with Crippen molar-refractivity contribution in [1.29, 1.82) is 0 Å². The summed E-state index contributed by atoms with van der Waals surface area (Å²) in [5, 5.41) is 0. The Morgan fingerprint density at radius 1 is 1.00 bits per heavy atom. The van der Waals surface area contributed by atoms with Gasteiger partial charge in [0.25, 0.3) is 0 Å². The predicted molar refractivity (Wildman–Crippen MR) is 69.0 cm³/mol. The molecule has 2 nitrogen and oxygen atoms in total. The molecule has 1 aliphatic rings. The molecule has 1 aliphatic heterocycles. The molecule has 86 valence electrons. The van der Waals surface area contributed by atoms with Crippen LogP contribution in [0.1, 0.15) is 23.7 Å². The van der Waals surface area contributed by atoms with E-state index in [0.717, 1.165) is 24.3 Å². The summed E-state index contributed by atoms with van der Waals surface area (Å²) in [7, 11) is 0. The Hall–Kier alpha value is -1.96. The normalized spacial score (nSPS) is 18.2. The molecule has 0 saturated heterocycles. The van der Waals surface area contributed by atoms with Crippen LogP contribution < -0.4 is 10.5 Å². The molecule has 2 aromatic carbocycles. The van der Waals surface area contributed by atoms with Crippen molar-refractivity contribution in [2.45, 2.75) is 18.9 Å². The molecular formula is C15H15NO. The van der Waals surface area contributed by atoms with Crippen LogP contribution in [0.4, 0.5) is 5.69 Å². The average molecular weight is 225 g/mol. The first-order valence-corrected chi connectivity index (χ1v) is 5.93. The molecule has 3 rings (SSSR count). The Balaban J connectivity index is 1.86. The zero-order valence-electron chi connectivity index (χ0n) is 9.60. The highest BCUT2D eigenvalue weighted by molar-refractivity contribution is 5.41. The third-order valence-corrected chi connectivity index (χ3v) is 3.23. The van der Waals surface area contributed by atoms with Gasteiger partial charge in [-0.25, -0.2) is 0 Å². The van der Waals surface area contributed by atoms with Gasteiger partial charge in [-0.1, -0.05) is 30.3 Å². The smallest absolute Gasteiger partial charge is 0.124 e. The fraction of sp³-hybridized carbons (Fsp3) is 0.200. The Kier molecular flexibility index (Phi) is 2.48. The highest BCUT2D eigenvalue weighted by atomic mass is 16.5. The molecule has 2 N–H and O–H groups in total. The Morgan fingerprint density at radius 2 is 1.76 bits per heavy atom. The van der Waals surface area contributed by atoms with Crippen LogP contribution in [-0.4, -0.2) is 0 Å². The van der Waals surface area contributed by atoms with Crippen LogP contribution in [0.5, 0.6) is 5.75 Å². The summed E-state index contributed by atoms with van der Waals surface area (Å²) in [6.07, 6.45) is 2.26. The van der Waals surface area contributed by atoms with E-state index in [1.54, 1.807) is 0 Å². The molecule has 0 bridgehead atoms. The van der Waals surface area contributed by atoms with Gasteiger partial charge in [-0.2, -0.15) is 0 Å². The van der Waals surface area contributed by atoms with Crippen molar-refractivity contribution in [3.63, 3.8) is 0 Å². The van der Waals surface area contributed by atoms with Crippen LogP contribution in [0.2, 0.25) is 0 Å². The minimum absolute atomic E-state index is 0.158. The van der Waals surface area contributed by atoms with Crippen molar-refractivity contribution >= 4 is 5.69 Å². The molecule has 2 heteroatoms. The standard InChI is InChI=1S/C15H15NO/c16-13-8-5-12(6-9-13)15-10-7-11-3-1-2-4-14(11)17-15/h1-6,8-9,15H,7,10,16H2/t15-/m1/s1. The van der Waals surface area contributed by atoms with Crippen molar-refractivity contribution in [2.24, 2.45) is 0 Å². The quantitative estimate of drug-likeness (QED) is 0.755. The number of para-hydroxylation sites is 1. The van der Waals surface area contributed by atoms with Crippen LogP contribution in [-0.2, 0) is 6.42 Å². The van der Waals surface area contributed by atoms with Gasteiger partial charge in [0.05, 0.1) is 0 Å². The van der Waals surface area contributed by atoms with E-state index >= 15 is 0 Å². The molecule has 1 heterocycles. The zero-order valence-corrected chi connectivity index (χ0v) is 9.60. The van der Waals surface area contributed by atoms with Gasteiger partial charge in [0.15, 0.2) is 0 Å². The maximum absolute atomic E-state index is 6.02. The van der Waals surface area contributed by atoms with E-state index in [2.05, 4.69) is 12.1 Å². The average Bonchev–Trinajstić information content (AvgIpc) is 2.39. The fourth-order valence-corrected chi connectivity index (χ4v) is 2.27. The molecule has 0 aliphatic carbocycles. The van der Waals surface area contributed by atoms with Crippen LogP contribution in [0, 0.1) is 0 Å². The first kappa shape index (κ1) is 10.2. The molecule has 17 heavy (non-hydrogen) atoms. The second-order valence-electron chi connectivity index (χ2n) is 4.42. The van der Waals surface area contributed by atoms with Crippen LogP contribution in [0.15, 0.2) is 48.5 Å². The monoisotopic (exact) mass is 225 g/mol. The third-order valence-electron chi connectivity index (χ3n) is 3.23. The Bertz CT molecular complexity index is 519. The van der Waals surface area contributed by atoms with E-state index in [1.165, 1.54) is 11.1 Å². The van der Waals surface area contributed by atoms with E-state index < -0.39 is 0 Å². The largest absolute Gasteiger partial charge is 0.485 e. The van der Waals surface area contributed by atoms with Gasteiger partial charge in [0.2, 0.25) is 0 Å². The number of nitrogens with two attached hydrogens (primary N) is 1. The van der Waals surface area contributed by atoms with Crippen LogP contribution in [0.3, 0.4) is 0 Å². The summed E-state index contributed by atoms with van der Waals surface area (Å²) >= 11 is 0. The van der Waals surface area contributed by atoms with E-state index in [-0.39, 0.29) is 6.10 Å².